The van der Waals surface area contributed by atoms with Crippen molar-refractivity contribution in [1.29, 1.82) is 0 Å². The van der Waals surface area contributed by atoms with E-state index >= 15 is 0 Å². The second-order valence-corrected chi connectivity index (χ2v) is 7.84. The molecule has 5 nitrogen and oxygen atoms in total. The molecule has 0 bridgehead atoms. The minimum atomic E-state index is -0.511. The van der Waals surface area contributed by atoms with Gasteiger partial charge in [-0.15, -0.1) is 0 Å². The van der Waals surface area contributed by atoms with Gasteiger partial charge in [-0.1, -0.05) is 57.6 Å². The third-order valence-corrected chi connectivity index (χ3v) is 4.75. The van der Waals surface area contributed by atoms with Gasteiger partial charge in [-0.05, 0) is 56.7 Å². The lowest BCUT2D eigenvalue weighted by atomic mass is 10.1. The molecule has 0 fully saturated rings. The maximum Gasteiger partial charge on any atom is 0.343 e. The molecular weight excluding hydrogens is 392 g/mol. The average Bonchev–Trinajstić information content (AvgIpc) is 2.76. The Kier molecular flexibility index (Phi) is 10.6. The molecule has 0 amide bonds. The van der Waals surface area contributed by atoms with Gasteiger partial charge in [-0.3, -0.25) is 0 Å². The lowest BCUT2D eigenvalue weighted by molar-refractivity contribution is 0.0497. The molecule has 0 unspecified atom stereocenters. The van der Waals surface area contributed by atoms with Gasteiger partial charge >= 0.3 is 11.9 Å². The van der Waals surface area contributed by atoms with Gasteiger partial charge in [0.15, 0.2) is 11.5 Å². The molecule has 31 heavy (non-hydrogen) atoms. The summed E-state index contributed by atoms with van der Waals surface area (Å²) in [5.41, 5.74) is 0.769. The van der Waals surface area contributed by atoms with Crippen LogP contribution in [0.2, 0.25) is 0 Å². The Balaban J connectivity index is 1.81. The van der Waals surface area contributed by atoms with E-state index in [1.54, 1.807) is 42.5 Å². The van der Waals surface area contributed by atoms with Crippen LogP contribution >= 0.6 is 0 Å². The highest BCUT2D eigenvalue weighted by Gasteiger charge is 2.14. The van der Waals surface area contributed by atoms with E-state index in [2.05, 4.69) is 6.92 Å². The number of para-hydroxylation sites is 2. The van der Waals surface area contributed by atoms with Crippen molar-refractivity contribution in [2.75, 3.05) is 6.61 Å². The summed E-state index contributed by atoms with van der Waals surface area (Å²) in [6.07, 6.45) is 8.15. The van der Waals surface area contributed by atoms with Crippen molar-refractivity contribution in [3.05, 3.63) is 59.7 Å². The van der Waals surface area contributed by atoms with Crippen molar-refractivity contribution < 1.29 is 23.8 Å². The number of unbranched alkanes of at least 4 members (excludes halogenated alkanes) is 6. The van der Waals surface area contributed by atoms with Crippen molar-refractivity contribution in [2.45, 2.75) is 71.8 Å². The van der Waals surface area contributed by atoms with Gasteiger partial charge in [0.1, 0.15) is 0 Å². The van der Waals surface area contributed by atoms with Crippen LogP contribution in [0.3, 0.4) is 0 Å². The van der Waals surface area contributed by atoms with E-state index in [0.717, 1.165) is 12.8 Å². The lowest BCUT2D eigenvalue weighted by Crippen LogP contribution is -2.12. The maximum atomic E-state index is 12.5. The highest BCUT2D eigenvalue weighted by atomic mass is 16.6. The first-order chi connectivity index (χ1) is 15.0. The zero-order chi connectivity index (χ0) is 22.5. The summed E-state index contributed by atoms with van der Waals surface area (Å²) >= 11 is 0. The number of esters is 2. The summed E-state index contributed by atoms with van der Waals surface area (Å²) < 4.78 is 16.5. The molecule has 0 heterocycles. The van der Waals surface area contributed by atoms with Crippen LogP contribution < -0.4 is 9.47 Å². The quantitative estimate of drug-likeness (QED) is 0.205. The average molecular weight is 427 g/mol. The van der Waals surface area contributed by atoms with E-state index in [1.807, 2.05) is 19.9 Å². The SMILES string of the molecule is CCCCCCCCCOC(=O)c1ccc(C(=O)Oc2ccccc2OC(C)C)cc1. The lowest BCUT2D eigenvalue weighted by Gasteiger charge is -2.13. The fraction of sp³-hybridized carbons (Fsp3) is 0.462. The largest absolute Gasteiger partial charge is 0.487 e. The van der Waals surface area contributed by atoms with Crippen molar-refractivity contribution in [2.24, 2.45) is 0 Å². The van der Waals surface area contributed by atoms with Gasteiger partial charge in [0.25, 0.3) is 0 Å². The molecule has 2 aromatic carbocycles. The van der Waals surface area contributed by atoms with Crippen LogP contribution in [0.1, 0.15) is 86.4 Å². The van der Waals surface area contributed by atoms with E-state index in [1.165, 1.54) is 32.1 Å². The standard InChI is InChI=1S/C26H34O5/c1-4-5-6-7-8-9-12-19-29-25(27)21-15-17-22(18-16-21)26(28)31-24-14-11-10-13-23(24)30-20(2)3/h10-11,13-18,20H,4-9,12,19H2,1-3H3. The fourth-order valence-electron chi connectivity index (χ4n) is 3.09. The summed E-state index contributed by atoms with van der Waals surface area (Å²) in [4.78, 5) is 24.7. The van der Waals surface area contributed by atoms with Crippen molar-refractivity contribution in [3.8, 4) is 11.5 Å². The molecule has 0 saturated carbocycles. The highest BCUT2D eigenvalue weighted by Crippen LogP contribution is 2.28. The maximum absolute atomic E-state index is 12.5. The molecule has 0 aromatic heterocycles. The third kappa shape index (κ3) is 8.83. The Morgan fingerprint density at radius 3 is 1.90 bits per heavy atom. The minimum absolute atomic E-state index is 0.0359. The van der Waals surface area contributed by atoms with Crippen LogP contribution in [-0.2, 0) is 4.74 Å². The van der Waals surface area contributed by atoms with Crippen LogP contribution in [0.15, 0.2) is 48.5 Å². The number of benzene rings is 2. The summed E-state index contributed by atoms with van der Waals surface area (Å²) in [6, 6.07) is 13.3. The molecule has 0 aliphatic rings. The van der Waals surface area contributed by atoms with Crippen LogP contribution in [0.4, 0.5) is 0 Å². The van der Waals surface area contributed by atoms with E-state index in [4.69, 9.17) is 14.2 Å². The highest BCUT2D eigenvalue weighted by molar-refractivity contribution is 5.94. The number of hydrogen-bond acceptors (Lipinski definition) is 5. The molecule has 0 N–H and O–H groups in total. The fourth-order valence-corrected chi connectivity index (χ4v) is 3.09. The molecule has 2 rings (SSSR count). The van der Waals surface area contributed by atoms with Gasteiger partial charge in [0, 0.05) is 0 Å². The number of ether oxygens (including phenoxy) is 3. The van der Waals surface area contributed by atoms with Crippen LogP contribution in [-0.4, -0.2) is 24.6 Å². The molecule has 0 atom stereocenters. The molecule has 168 valence electrons. The molecule has 2 aromatic rings. The van der Waals surface area contributed by atoms with Crippen LogP contribution in [0, 0.1) is 0 Å². The predicted molar refractivity (Wildman–Crippen MR) is 122 cm³/mol. The van der Waals surface area contributed by atoms with Gasteiger partial charge in [-0.2, -0.15) is 0 Å². The summed E-state index contributed by atoms with van der Waals surface area (Å²) in [7, 11) is 0. The Labute approximate surface area is 185 Å². The minimum Gasteiger partial charge on any atom is -0.487 e. The molecule has 5 heteroatoms. The number of carbonyl (C=O) groups is 2. The van der Waals surface area contributed by atoms with Gasteiger partial charge in [0.05, 0.1) is 23.8 Å². The van der Waals surface area contributed by atoms with Gasteiger partial charge in [0.2, 0.25) is 0 Å². The topological polar surface area (TPSA) is 61.8 Å². The van der Waals surface area contributed by atoms with Crippen molar-refractivity contribution >= 4 is 11.9 Å². The Bertz CT molecular complexity index is 811. The van der Waals surface area contributed by atoms with Gasteiger partial charge < -0.3 is 14.2 Å². The molecule has 0 radical (unpaired) electrons. The zero-order valence-corrected chi connectivity index (χ0v) is 18.9. The van der Waals surface area contributed by atoms with E-state index < -0.39 is 5.97 Å². The summed E-state index contributed by atoms with van der Waals surface area (Å²) in [5, 5.41) is 0. The molecule has 0 saturated heterocycles. The Hall–Kier alpha value is -2.82. The summed E-state index contributed by atoms with van der Waals surface area (Å²) in [6.45, 7) is 6.44. The van der Waals surface area contributed by atoms with Crippen molar-refractivity contribution in [3.63, 3.8) is 0 Å². The molecule has 0 spiro atoms. The van der Waals surface area contributed by atoms with Crippen LogP contribution in [0.5, 0.6) is 11.5 Å². The normalized spacial score (nSPS) is 10.7. The van der Waals surface area contributed by atoms with Crippen molar-refractivity contribution in [1.82, 2.24) is 0 Å². The first-order valence-electron chi connectivity index (χ1n) is 11.3. The first-order valence-corrected chi connectivity index (χ1v) is 11.3. The van der Waals surface area contributed by atoms with E-state index in [-0.39, 0.29) is 12.1 Å². The zero-order valence-electron chi connectivity index (χ0n) is 18.9. The third-order valence-electron chi connectivity index (χ3n) is 4.75. The van der Waals surface area contributed by atoms with Crippen LogP contribution in [0.25, 0.3) is 0 Å². The molecular formula is C26H34O5. The van der Waals surface area contributed by atoms with E-state index in [0.29, 0.717) is 29.2 Å². The summed E-state index contributed by atoms with van der Waals surface area (Å²) in [5.74, 6) is -0.0137. The monoisotopic (exact) mass is 426 g/mol. The van der Waals surface area contributed by atoms with E-state index in [9.17, 15) is 9.59 Å². The second kappa shape index (κ2) is 13.5. The Morgan fingerprint density at radius 1 is 0.742 bits per heavy atom. The first kappa shape index (κ1) is 24.4. The smallest absolute Gasteiger partial charge is 0.343 e. The predicted octanol–water partition coefficient (Wildman–Crippen LogP) is 6.60. The molecule has 0 aliphatic heterocycles. The number of carbonyl (C=O) groups excluding carboxylic acids is 2. The molecule has 0 aliphatic carbocycles. The number of hydrogen-bond donors (Lipinski definition) is 0. The Morgan fingerprint density at radius 2 is 1.29 bits per heavy atom. The second-order valence-electron chi connectivity index (χ2n) is 7.84. The van der Waals surface area contributed by atoms with Gasteiger partial charge in [-0.25, -0.2) is 9.59 Å². The number of rotatable bonds is 13.